The number of carbonyl (C=O) groups excluding carboxylic acids is 1. The number of hydrogen-bond donors (Lipinski definition) is 2. The number of amides is 1. The van der Waals surface area contributed by atoms with E-state index in [0.717, 1.165) is 29.7 Å². The summed E-state index contributed by atoms with van der Waals surface area (Å²) >= 11 is 0. The number of carbonyl (C=O) groups is 1. The van der Waals surface area contributed by atoms with Crippen LogP contribution in [0.1, 0.15) is 24.2 Å². The van der Waals surface area contributed by atoms with Gasteiger partial charge in [0.1, 0.15) is 12.3 Å². The molecule has 5 heterocycles. The molecule has 0 spiro atoms. The lowest BCUT2D eigenvalue weighted by Crippen LogP contribution is -2.46. The van der Waals surface area contributed by atoms with Crippen LogP contribution in [0.15, 0.2) is 42.7 Å². The Balaban J connectivity index is 1.60. The predicted molar refractivity (Wildman–Crippen MR) is 129 cm³/mol. The molecule has 0 saturated carbocycles. The Morgan fingerprint density at radius 2 is 2.00 bits per heavy atom. The number of nitrogens with one attached hydrogen (secondary N) is 1. The molecule has 35 heavy (non-hydrogen) atoms. The highest BCUT2D eigenvalue weighted by Crippen LogP contribution is 2.31. The summed E-state index contributed by atoms with van der Waals surface area (Å²) in [6.45, 7) is 4.10. The molecule has 1 amide bonds. The van der Waals surface area contributed by atoms with E-state index in [2.05, 4.69) is 25.4 Å². The summed E-state index contributed by atoms with van der Waals surface area (Å²) in [4.78, 5) is 27.2. The molecule has 4 aromatic heterocycles. The second-order valence-electron chi connectivity index (χ2n) is 8.77. The summed E-state index contributed by atoms with van der Waals surface area (Å²) in [7, 11) is 0. The smallest absolute Gasteiger partial charge is 0.248 e. The topological polar surface area (TPSA) is 109 Å². The first-order valence-corrected chi connectivity index (χ1v) is 11.5. The summed E-state index contributed by atoms with van der Waals surface area (Å²) in [6.07, 6.45) is 4.98. The van der Waals surface area contributed by atoms with Crippen LogP contribution in [-0.2, 0) is 4.79 Å². The summed E-state index contributed by atoms with van der Waals surface area (Å²) in [6, 6.07) is 9.05. The Labute approximate surface area is 201 Å². The van der Waals surface area contributed by atoms with E-state index >= 15 is 4.39 Å². The molecule has 9 nitrogen and oxygen atoms in total. The maximum atomic E-state index is 15.9. The van der Waals surface area contributed by atoms with Crippen LogP contribution in [-0.4, -0.2) is 66.2 Å². The second kappa shape index (κ2) is 9.38. The molecule has 4 aromatic rings. The molecule has 1 aliphatic heterocycles. The van der Waals surface area contributed by atoms with Crippen LogP contribution in [0.2, 0.25) is 0 Å². The molecule has 0 unspecified atom stereocenters. The van der Waals surface area contributed by atoms with E-state index in [1.165, 1.54) is 0 Å². The number of nitrogens with zero attached hydrogens (tertiary/aromatic N) is 6. The molecule has 0 aliphatic carbocycles. The number of aliphatic hydroxyl groups is 1. The summed E-state index contributed by atoms with van der Waals surface area (Å²) < 4.78 is 17.6. The van der Waals surface area contributed by atoms with Gasteiger partial charge in [0.15, 0.2) is 17.5 Å². The summed E-state index contributed by atoms with van der Waals surface area (Å²) in [5.74, 6) is -0.497. The average Bonchev–Trinajstić information content (AvgIpc) is 3.28. The number of pyridine rings is 2. The van der Waals surface area contributed by atoms with E-state index in [-0.39, 0.29) is 23.5 Å². The maximum Gasteiger partial charge on any atom is 0.248 e. The predicted octanol–water partition coefficient (Wildman–Crippen LogP) is 3.00. The SMILES string of the molecule is Cc1cc(-c2nc(-c3cnn4ccccc34)nc(N[C@@H]3CCCN(C(=O)CO)C3)c2F)cc(C)n1. The van der Waals surface area contributed by atoms with Crippen LogP contribution in [0, 0.1) is 19.7 Å². The van der Waals surface area contributed by atoms with Crippen LogP contribution in [0.5, 0.6) is 0 Å². The van der Waals surface area contributed by atoms with Gasteiger partial charge in [-0.15, -0.1) is 0 Å². The Hall–Kier alpha value is -3.92. The van der Waals surface area contributed by atoms with E-state index in [0.29, 0.717) is 30.0 Å². The first-order chi connectivity index (χ1) is 16.9. The zero-order valence-electron chi connectivity index (χ0n) is 19.6. The standard InChI is InChI=1S/C25H26FN7O2/c1-15-10-17(11-16(2)28-15)23-22(26)25(29-18-6-5-8-32(13-18)21(35)14-34)31-24(30-23)19-12-27-33-9-4-3-7-20(19)33/h3-4,7,9-12,18,34H,5-6,8,13-14H2,1-2H3,(H,29,30,31)/t18-/m1/s1. The van der Waals surface area contributed by atoms with Crippen molar-refractivity contribution in [3.8, 4) is 22.6 Å². The van der Waals surface area contributed by atoms with Gasteiger partial charge in [-0.25, -0.2) is 18.9 Å². The van der Waals surface area contributed by atoms with Gasteiger partial charge in [0.05, 0.1) is 17.3 Å². The molecule has 180 valence electrons. The van der Waals surface area contributed by atoms with E-state index in [1.807, 2.05) is 38.2 Å². The fourth-order valence-electron chi connectivity index (χ4n) is 4.55. The number of likely N-dealkylation sites (tertiary alicyclic amines) is 1. The number of aliphatic hydroxyl groups excluding tert-OH is 1. The molecule has 0 bridgehead atoms. The molecular formula is C25H26FN7O2. The lowest BCUT2D eigenvalue weighted by Gasteiger charge is -2.33. The third-order valence-corrected chi connectivity index (χ3v) is 6.12. The van der Waals surface area contributed by atoms with E-state index in [9.17, 15) is 9.90 Å². The van der Waals surface area contributed by atoms with Gasteiger partial charge in [-0.3, -0.25) is 9.78 Å². The number of aromatic nitrogens is 5. The van der Waals surface area contributed by atoms with Crippen molar-refractivity contribution in [1.82, 2.24) is 29.5 Å². The Kier molecular flexibility index (Phi) is 6.12. The first kappa shape index (κ1) is 22.9. The zero-order valence-corrected chi connectivity index (χ0v) is 19.6. The number of halogens is 1. The van der Waals surface area contributed by atoms with Crippen LogP contribution in [0.4, 0.5) is 10.2 Å². The van der Waals surface area contributed by atoms with Gasteiger partial charge in [-0.1, -0.05) is 6.07 Å². The molecule has 1 aliphatic rings. The highest BCUT2D eigenvalue weighted by molar-refractivity contribution is 5.79. The van der Waals surface area contributed by atoms with Crippen molar-refractivity contribution >= 4 is 17.2 Å². The van der Waals surface area contributed by atoms with E-state index in [4.69, 9.17) is 0 Å². The molecular weight excluding hydrogens is 449 g/mol. The molecule has 2 N–H and O–H groups in total. The molecule has 1 fully saturated rings. The molecule has 1 atom stereocenters. The quantitative estimate of drug-likeness (QED) is 0.457. The van der Waals surface area contributed by atoms with Crippen molar-refractivity contribution in [1.29, 1.82) is 0 Å². The highest BCUT2D eigenvalue weighted by Gasteiger charge is 2.26. The fourth-order valence-corrected chi connectivity index (χ4v) is 4.55. The van der Waals surface area contributed by atoms with Crippen molar-refractivity contribution in [2.75, 3.05) is 25.0 Å². The molecule has 5 rings (SSSR count). The van der Waals surface area contributed by atoms with Crippen molar-refractivity contribution in [2.24, 2.45) is 0 Å². The van der Waals surface area contributed by atoms with Crippen LogP contribution >= 0.6 is 0 Å². The van der Waals surface area contributed by atoms with Crippen LogP contribution in [0.3, 0.4) is 0 Å². The third kappa shape index (κ3) is 4.57. The number of rotatable bonds is 5. The Morgan fingerprint density at radius 3 is 2.77 bits per heavy atom. The molecule has 0 radical (unpaired) electrons. The molecule has 1 saturated heterocycles. The minimum atomic E-state index is -0.569. The average molecular weight is 476 g/mol. The van der Waals surface area contributed by atoms with Crippen molar-refractivity contribution < 1.29 is 14.3 Å². The molecule has 0 aromatic carbocycles. The van der Waals surface area contributed by atoms with Gasteiger partial charge in [-0.05, 0) is 51.0 Å². The van der Waals surface area contributed by atoms with Gasteiger partial charge < -0.3 is 15.3 Å². The second-order valence-corrected chi connectivity index (χ2v) is 8.77. The summed E-state index contributed by atoms with van der Waals surface area (Å²) in [5, 5.41) is 16.8. The van der Waals surface area contributed by atoms with E-state index in [1.54, 1.807) is 27.7 Å². The first-order valence-electron chi connectivity index (χ1n) is 11.5. The summed E-state index contributed by atoms with van der Waals surface area (Å²) in [5.41, 5.74) is 3.77. The number of piperidine rings is 1. The third-order valence-electron chi connectivity index (χ3n) is 6.12. The van der Waals surface area contributed by atoms with Gasteiger partial charge in [0, 0.05) is 42.3 Å². The number of hydrogen-bond acceptors (Lipinski definition) is 7. The Morgan fingerprint density at radius 1 is 1.20 bits per heavy atom. The fraction of sp³-hybridized carbons (Fsp3) is 0.320. The van der Waals surface area contributed by atoms with Gasteiger partial charge in [0.2, 0.25) is 5.91 Å². The van der Waals surface area contributed by atoms with Crippen LogP contribution < -0.4 is 5.32 Å². The molecule has 10 heteroatoms. The lowest BCUT2D eigenvalue weighted by molar-refractivity contribution is -0.135. The minimum Gasteiger partial charge on any atom is -0.387 e. The van der Waals surface area contributed by atoms with Crippen molar-refractivity contribution in [3.05, 3.63) is 59.9 Å². The highest BCUT2D eigenvalue weighted by atomic mass is 19.1. The number of anilines is 1. The van der Waals surface area contributed by atoms with Gasteiger partial charge in [-0.2, -0.15) is 5.10 Å². The lowest BCUT2D eigenvalue weighted by atomic mass is 10.1. The normalized spacial score (nSPS) is 16.0. The van der Waals surface area contributed by atoms with Crippen LogP contribution in [0.25, 0.3) is 28.2 Å². The minimum absolute atomic E-state index is 0.0655. The monoisotopic (exact) mass is 475 g/mol. The van der Waals surface area contributed by atoms with Gasteiger partial charge >= 0.3 is 0 Å². The van der Waals surface area contributed by atoms with Gasteiger partial charge in [0.25, 0.3) is 0 Å². The zero-order chi connectivity index (χ0) is 24.5. The Bertz CT molecular complexity index is 1380. The maximum absolute atomic E-state index is 15.9. The van der Waals surface area contributed by atoms with Crippen molar-refractivity contribution in [3.63, 3.8) is 0 Å². The number of fused-ring (bicyclic) bond motifs is 1. The van der Waals surface area contributed by atoms with E-state index < -0.39 is 12.4 Å². The van der Waals surface area contributed by atoms with Crippen molar-refractivity contribution in [2.45, 2.75) is 32.7 Å². The number of aryl methyl sites for hydroxylation is 2. The largest absolute Gasteiger partial charge is 0.387 e.